The number of H-pyrrole nitrogens is 1. The monoisotopic (exact) mass is 240 g/mol. The fraction of sp³-hybridized carbons (Fsp3) is 0.0769. The van der Waals surface area contributed by atoms with Crippen LogP contribution in [0.5, 0.6) is 0 Å². The van der Waals surface area contributed by atoms with E-state index in [-0.39, 0.29) is 11.4 Å². The van der Waals surface area contributed by atoms with E-state index in [0.29, 0.717) is 5.65 Å². The lowest BCUT2D eigenvalue weighted by Crippen LogP contribution is -2.15. The second kappa shape index (κ2) is 3.73. The molecule has 5 heteroatoms. The van der Waals surface area contributed by atoms with Crippen molar-refractivity contribution in [1.29, 1.82) is 0 Å². The van der Waals surface area contributed by atoms with Gasteiger partial charge in [0.15, 0.2) is 5.65 Å². The predicted molar refractivity (Wildman–Crippen MR) is 70.4 cm³/mol. The fourth-order valence-electron chi connectivity index (χ4n) is 2.12. The molecule has 0 amide bonds. The van der Waals surface area contributed by atoms with Crippen molar-refractivity contribution < 1.29 is 0 Å². The number of benzene rings is 1. The van der Waals surface area contributed by atoms with E-state index in [4.69, 9.17) is 5.73 Å². The van der Waals surface area contributed by atoms with Gasteiger partial charge in [-0.1, -0.05) is 30.3 Å². The summed E-state index contributed by atoms with van der Waals surface area (Å²) in [6.45, 7) is 1.91. The molecule has 2 aromatic heterocycles. The number of nitrogen functional groups attached to an aromatic ring is 1. The number of fused-ring (bicyclic) bond motifs is 1. The Morgan fingerprint density at radius 2 is 2.00 bits per heavy atom. The van der Waals surface area contributed by atoms with Gasteiger partial charge < -0.3 is 5.73 Å². The minimum absolute atomic E-state index is 0.206. The van der Waals surface area contributed by atoms with Gasteiger partial charge in [0.1, 0.15) is 5.82 Å². The second-order valence-corrected chi connectivity index (χ2v) is 4.16. The molecule has 3 N–H and O–H groups in total. The van der Waals surface area contributed by atoms with E-state index in [1.54, 1.807) is 0 Å². The van der Waals surface area contributed by atoms with Gasteiger partial charge >= 0.3 is 0 Å². The molecular weight excluding hydrogens is 228 g/mol. The van der Waals surface area contributed by atoms with Gasteiger partial charge in [-0.3, -0.25) is 9.89 Å². The molecule has 0 fully saturated rings. The number of rotatable bonds is 1. The summed E-state index contributed by atoms with van der Waals surface area (Å²) < 4.78 is 1.41. The first-order valence-corrected chi connectivity index (χ1v) is 5.60. The molecule has 5 nitrogen and oxygen atoms in total. The summed E-state index contributed by atoms with van der Waals surface area (Å²) in [7, 11) is 0. The van der Waals surface area contributed by atoms with E-state index in [9.17, 15) is 4.79 Å². The molecular formula is C13H12N4O. The smallest absolute Gasteiger partial charge is 0.274 e. The molecule has 18 heavy (non-hydrogen) atoms. The van der Waals surface area contributed by atoms with E-state index in [2.05, 4.69) is 10.1 Å². The van der Waals surface area contributed by atoms with Crippen molar-refractivity contribution in [1.82, 2.24) is 14.6 Å². The molecule has 0 aliphatic carbocycles. The van der Waals surface area contributed by atoms with Crippen LogP contribution in [0.4, 0.5) is 5.82 Å². The largest absolute Gasteiger partial charge is 0.383 e. The molecule has 0 saturated heterocycles. The minimum atomic E-state index is -0.206. The Labute approximate surface area is 103 Å². The summed E-state index contributed by atoms with van der Waals surface area (Å²) >= 11 is 0. The van der Waals surface area contributed by atoms with E-state index in [1.807, 2.05) is 37.3 Å². The highest BCUT2D eigenvalue weighted by Crippen LogP contribution is 2.26. The summed E-state index contributed by atoms with van der Waals surface area (Å²) in [6, 6.07) is 11.1. The van der Waals surface area contributed by atoms with Crippen molar-refractivity contribution in [2.75, 3.05) is 5.73 Å². The van der Waals surface area contributed by atoms with Gasteiger partial charge in [-0.15, -0.1) is 0 Å². The normalized spacial score (nSPS) is 10.9. The third-order valence-electron chi connectivity index (χ3n) is 2.88. The first kappa shape index (κ1) is 10.6. The molecule has 0 aliphatic heterocycles. The molecule has 0 atom stereocenters. The molecule has 0 spiro atoms. The number of hydrogen-bond donors (Lipinski definition) is 2. The quantitative estimate of drug-likeness (QED) is 0.678. The summed E-state index contributed by atoms with van der Waals surface area (Å²) in [6.07, 6.45) is 0. The summed E-state index contributed by atoms with van der Waals surface area (Å²) in [5.41, 5.74) is 8.79. The maximum atomic E-state index is 11.8. The lowest BCUT2D eigenvalue weighted by Gasteiger charge is -2.00. The van der Waals surface area contributed by atoms with Crippen LogP contribution >= 0.6 is 0 Å². The molecule has 1 aromatic carbocycles. The fourth-order valence-corrected chi connectivity index (χ4v) is 2.12. The molecule has 3 rings (SSSR count). The number of nitrogens with one attached hydrogen (secondary N) is 1. The van der Waals surface area contributed by atoms with E-state index >= 15 is 0 Å². The number of anilines is 1. The van der Waals surface area contributed by atoms with Crippen LogP contribution in [0.25, 0.3) is 16.8 Å². The maximum Gasteiger partial charge on any atom is 0.274 e. The van der Waals surface area contributed by atoms with Gasteiger partial charge in [-0.25, -0.2) is 9.50 Å². The van der Waals surface area contributed by atoms with E-state index in [0.717, 1.165) is 16.8 Å². The first-order chi connectivity index (χ1) is 8.66. The van der Waals surface area contributed by atoms with Crippen LogP contribution in [0.15, 0.2) is 41.2 Å². The Morgan fingerprint density at radius 3 is 2.72 bits per heavy atom. The number of aromatic amines is 1. The summed E-state index contributed by atoms with van der Waals surface area (Å²) in [5, 5.41) is 3.01. The van der Waals surface area contributed by atoms with E-state index < -0.39 is 0 Å². The van der Waals surface area contributed by atoms with E-state index in [1.165, 1.54) is 10.6 Å². The first-order valence-electron chi connectivity index (χ1n) is 5.60. The second-order valence-electron chi connectivity index (χ2n) is 4.16. The van der Waals surface area contributed by atoms with Crippen molar-refractivity contribution in [3.63, 3.8) is 0 Å². The van der Waals surface area contributed by atoms with Crippen LogP contribution in [0.1, 0.15) is 5.69 Å². The molecule has 0 saturated carbocycles. The van der Waals surface area contributed by atoms with Crippen molar-refractivity contribution in [2.24, 2.45) is 0 Å². The molecule has 0 aliphatic rings. The predicted octanol–water partition coefficient (Wildman–Crippen LogP) is 1.58. The van der Waals surface area contributed by atoms with Crippen LogP contribution in [0.3, 0.4) is 0 Å². The van der Waals surface area contributed by atoms with Crippen LogP contribution in [0, 0.1) is 6.92 Å². The van der Waals surface area contributed by atoms with Gasteiger partial charge in [-0.05, 0) is 12.5 Å². The lowest BCUT2D eigenvalue weighted by molar-refractivity contribution is 0.883. The Morgan fingerprint density at radius 1 is 1.28 bits per heavy atom. The Kier molecular flexibility index (Phi) is 2.19. The van der Waals surface area contributed by atoms with Crippen LogP contribution < -0.4 is 11.3 Å². The average molecular weight is 240 g/mol. The summed E-state index contributed by atoms with van der Waals surface area (Å²) in [5.74, 6) is 0.233. The highest BCUT2D eigenvalue weighted by atomic mass is 16.1. The summed E-state index contributed by atoms with van der Waals surface area (Å²) in [4.78, 5) is 16.1. The van der Waals surface area contributed by atoms with Gasteiger partial charge in [0.2, 0.25) is 0 Å². The van der Waals surface area contributed by atoms with Crippen LogP contribution in [0.2, 0.25) is 0 Å². The van der Waals surface area contributed by atoms with Crippen LogP contribution in [-0.4, -0.2) is 14.6 Å². The van der Waals surface area contributed by atoms with Gasteiger partial charge in [0, 0.05) is 17.3 Å². The number of aromatic nitrogens is 3. The molecule has 0 radical (unpaired) electrons. The Hall–Kier alpha value is -2.56. The molecule has 2 heterocycles. The maximum absolute atomic E-state index is 11.8. The lowest BCUT2D eigenvalue weighted by atomic mass is 10.1. The molecule has 90 valence electrons. The van der Waals surface area contributed by atoms with Crippen LogP contribution in [-0.2, 0) is 0 Å². The van der Waals surface area contributed by atoms with Crippen molar-refractivity contribution in [3.05, 3.63) is 52.4 Å². The topological polar surface area (TPSA) is 76.2 Å². The zero-order valence-electron chi connectivity index (χ0n) is 9.84. The standard InChI is InChI=1S/C13H12N4O/c1-8-12(9-5-3-2-4-6-9)13-15-10(14)7-11(18)17(13)16-8/h2-7,16H,14H2,1H3. The number of hydrogen-bond acceptors (Lipinski definition) is 3. The number of nitrogens with zero attached hydrogens (tertiary/aromatic N) is 2. The van der Waals surface area contributed by atoms with Crippen molar-refractivity contribution >= 4 is 11.5 Å². The SMILES string of the molecule is Cc1[nH]n2c(=O)cc(N)nc2c1-c1ccccc1. The zero-order valence-corrected chi connectivity index (χ0v) is 9.84. The molecule has 0 bridgehead atoms. The van der Waals surface area contributed by atoms with Crippen molar-refractivity contribution in [2.45, 2.75) is 6.92 Å². The van der Waals surface area contributed by atoms with Gasteiger partial charge in [0.05, 0.1) is 0 Å². The number of aryl methyl sites for hydroxylation is 1. The highest BCUT2D eigenvalue weighted by Gasteiger charge is 2.13. The Balaban J connectivity index is 2.43. The zero-order chi connectivity index (χ0) is 12.7. The highest BCUT2D eigenvalue weighted by molar-refractivity contribution is 5.80. The average Bonchev–Trinajstić information content (AvgIpc) is 2.67. The number of nitrogens with two attached hydrogens (primary N) is 1. The van der Waals surface area contributed by atoms with Gasteiger partial charge in [0.25, 0.3) is 5.56 Å². The molecule has 3 aromatic rings. The third kappa shape index (κ3) is 1.48. The molecule has 0 unspecified atom stereocenters. The van der Waals surface area contributed by atoms with Gasteiger partial charge in [-0.2, -0.15) is 0 Å². The third-order valence-corrected chi connectivity index (χ3v) is 2.88. The Bertz CT molecular complexity index is 771. The van der Waals surface area contributed by atoms with Crippen molar-refractivity contribution in [3.8, 4) is 11.1 Å². The minimum Gasteiger partial charge on any atom is -0.383 e.